The van der Waals surface area contributed by atoms with Gasteiger partial charge in [-0.15, -0.1) is 0 Å². The molecule has 2 N–H and O–H groups in total. The van der Waals surface area contributed by atoms with Crippen molar-refractivity contribution >= 4 is 46.2 Å². The summed E-state index contributed by atoms with van der Waals surface area (Å²) in [6.45, 7) is 1.89. The molecule has 1 aliphatic rings. The van der Waals surface area contributed by atoms with E-state index in [2.05, 4.69) is 10.3 Å². The molecule has 23 heavy (non-hydrogen) atoms. The van der Waals surface area contributed by atoms with Gasteiger partial charge in [-0.3, -0.25) is 4.79 Å². The van der Waals surface area contributed by atoms with Crippen LogP contribution >= 0.6 is 23.4 Å². The third-order valence-corrected chi connectivity index (χ3v) is 4.34. The van der Waals surface area contributed by atoms with Crippen molar-refractivity contribution in [3.05, 3.63) is 63.5 Å². The Labute approximate surface area is 142 Å². The Morgan fingerprint density at radius 3 is 2.65 bits per heavy atom. The van der Waals surface area contributed by atoms with Crippen LogP contribution in [0.5, 0.6) is 5.75 Å². The summed E-state index contributed by atoms with van der Waals surface area (Å²) < 4.78 is 0. The number of nitrogens with zero attached hydrogens (tertiary/aromatic N) is 1. The number of nitrogens with one attached hydrogen (secondary N) is 1. The van der Waals surface area contributed by atoms with E-state index in [4.69, 9.17) is 11.6 Å². The number of phenolic OH excluding ortho intramolecular Hbond substituents is 1. The van der Waals surface area contributed by atoms with Crippen molar-refractivity contribution in [2.24, 2.45) is 4.99 Å². The fourth-order valence-corrected chi connectivity index (χ4v) is 2.99. The smallest absolute Gasteiger partial charge is 0.264 e. The molecular weight excluding hydrogens is 332 g/mol. The van der Waals surface area contributed by atoms with E-state index in [0.29, 0.717) is 26.3 Å². The molecule has 116 valence electrons. The predicted octanol–water partition coefficient (Wildman–Crippen LogP) is 4.25. The number of amides is 1. The second-order valence-corrected chi connectivity index (χ2v) is 6.49. The summed E-state index contributed by atoms with van der Waals surface area (Å²) in [5.74, 6) is -0.0864. The Bertz CT molecular complexity index is 829. The summed E-state index contributed by atoms with van der Waals surface area (Å²) in [6, 6.07) is 12.3. The molecule has 1 aliphatic heterocycles. The fraction of sp³-hybridized carbons (Fsp3) is 0.0588. The van der Waals surface area contributed by atoms with Crippen LogP contribution in [-0.2, 0) is 4.79 Å². The van der Waals surface area contributed by atoms with Gasteiger partial charge in [0.1, 0.15) is 5.75 Å². The molecule has 1 fully saturated rings. The van der Waals surface area contributed by atoms with Crippen molar-refractivity contribution in [3.63, 3.8) is 0 Å². The second kappa shape index (κ2) is 6.48. The summed E-state index contributed by atoms with van der Waals surface area (Å²) in [5, 5.41) is 13.8. The molecule has 2 aromatic carbocycles. The number of carbonyl (C=O) groups is 1. The predicted molar refractivity (Wildman–Crippen MR) is 95.1 cm³/mol. The van der Waals surface area contributed by atoms with Crippen LogP contribution in [0.4, 0.5) is 5.69 Å². The van der Waals surface area contributed by atoms with Crippen LogP contribution in [0.15, 0.2) is 52.4 Å². The van der Waals surface area contributed by atoms with E-state index in [1.54, 1.807) is 42.5 Å². The topological polar surface area (TPSA) is 61.7 Å². The van der Waals surface area contributed by atoms with Gasteiger partial charge < -0.3 is 10.4 Å². The number of carbonyl (C=O) groups excluding carboxylic acids is 1. The van der Waals surface area contributed by atoms with Gasteiger partial charge in [0.15, 0.2) is 5.17 Å². The summed E-state index contributed by atoms with van der Waals surface area (Å²) in [6.07, 6.45) is 1.65. The zero-order valence-electron chi connectivity index (χ0n) is 12.2. The van der Waals surface area contributed by atoms with E-state index in [1.165, 1.54) is 11.8 Å². The number of benzene rings is 2. The summed E-state index contributed by atoms with van der Waals surface area (Å²) in [5.41, 5.74) is 2.26. The molecule has 1 amide bonds. The second-order valence-electron chi connectivity index (χ2n) is 5.02. The first-order chi connectivity index (χ1) is 11.0. The normalized spacial score (nSPS) is 17.7. The number of hydrogen-bond acceptors (Lipinski definition) is 4. The molecule has 0 aromatic heterocycles. The van der Waals surface area contributed by atoms with E-state index < -0.39 is 0 Å². The monoisotopic (exact) mass is 344 g/mol. The molecule has 0 saturated carbocycles. The molecular formula is C17H13ClN2O2S. The zero-order chi connectivity index (χ0) is 16.4. The van der Waals surface area contributed by atoms with E-state index in [9.17, 15) is 9.90 Å². The van der Waals surface area contributed by atoms with Gasteiger partial charge in [-0.25, -0.2) is 4.99 Å². The largest absolute Gasteiger partial charge is 0.507 e. The van der Waals surface area contributed by atoms with Crippen LogP contribution in [-0.4, -0.2) is 16.2 Å². The molecule has 0 spiro atoms. The van der Waals surface area contributed by atoms with Crippen LogP contribution < -0.4 is 5.32 Å². The molecule has 0 unspecified atom stereocenters. The van der Waals surface area contributed by atoms with Gasteiger partial charge in [-0.1, -0.05) is 23.7 Å². The van der Waals surface area contributed by atoms with Crippen molar-refractivity contribution in [3.8, 4) is 5.75 Å². The molecule has 3 rings (SSSR count). The van der Waals surface area contributed by atoms with Crippen molar-refractivity contribution in [2.75, 3.05) is 0 Å². The standard InChI is InChI=1S/C17H13ClN2O2S/c1-10-2-3-11(14(21)8-10)9-15-16(22)20-17(23-15)19-13-6-4-12(18)5-7-13/h2-9,21H,1H3,(H,19,20,22)/b15-9+. The quantitative estimate of drug-likeness (QED) is 0.801. The first-order valence-corrected chi connectivity index (χ1v) is 8.05. The maximum atomic E-state index is 12.0. The lowest BCUT2D eigenvalue weighted by Gasteiger charge is -2.00. The lowest BCUT2D eigenvalue weighted by molar-refractivity contribution is -0.115. The van der Waals surface area contributed by atoms with E-state index in [1.807, 2.05) is 13.0 Å². The lowest BCUT2D eigenvalue weighted by atomic mass is 10.1. The van der Waals surface area contributed by atoms with Gasteiger partial charge in [0.05, 0.1) is 10.6 Å². The number of aromatic hydroxyl groups is 1. The average Bonchev–Trinajstić information content (AvgIpc) is 2.84. The third-order valence-electron chi connectivity index (χ3n) is 3.18. The van der Waals surface area contributed by atoms with Crippen LogP contribution in [0, 0.1) is 6.92 Å². The number of amidine groups is 1. The molecule has 6 heteroatoms. The van der Waals surface area contributed by atoms with Crippen molar-refractivity contribution in [1.29, 1.82) is 0 Å². The number of phenols is 1. The highest BCUT2D eigenvalue weighted by Crippen LogP contribution is 2.30. The third kappa shape index (κ3) is 3.75. The van der Waals surface area contributed by atoms with Gasteiger partial charge in [0.2, 0.25) is 0 Å². The number of hydrogen-bond donors (Lipinski definition) is 2. The van der Waals surface area contributed by atoms with E-state index in [0.717, 1.165) is 5.56 Å². The Morgan fingerprint density at radius 2 is 1.96 bits per heavy atom. The lowest BCUT2D eigenvalue weighted by Crippen LogP contribution is -2.19. The highest BCUT2D eigenvalue weighted by atomic mass is 35.5. The maximum Gasteiger partial charge on any atom is 0.264 e. The van der Waals surface area contributed by atoms with E-state index in [-0.39, 0.29) is 11.7 Å². The van der Waals surface area contributed by atoms with Crippen LogP contribution in [0.2, 0.25) is 5.02 Å². The van der Waals surface area contributed by atoms with Crippen LogP contribution in [0.1, 0.15) is 11.1 Å². The summed E-state index contributed by atoms with van der Waals surface area (Å²) in [7, 11) is 0. The maximum absolute atomic E-state index is 12.0. The van der Waals surface area contributed by atoms with Gasteiger partial charge in [0.25, 0.3) is 5.91 Å². The minimum atomic E-state index is -0.234. The summed E-state index contributed by atoms with van der Waals surface area (Å²) in [4.78, 5) is 16.9. The zero-order valence-corrected chi connectivity index (χ0v) is 13.8. The van der Waals surface area contributed by atoms with E-state index >= 15 is 0 Å². The number of aryl methyl sites for hydroxylation is 1. The fourth-order valence-electron chi connectivity index (χ4n) is 2.03. The van der Waals surface area contributed by atoms with Crippen molar-refractivity contribution in [2.45, 2.75) is 6.92 Å². The number of thioether (sulfide) groups is 1. The molecule has 0 radical (unpaired) electrons. The number of halogens is 1. The Hall–Kier alpha value is -2.24. The van der Waals surface area contributed by atoms with Gasteiger partial charge in [-0.2, -0.15) is 0 Å². The first-order valence-electron chi connectivity index (χ1n) is 6.86. The molecule has 4 nitrogen and oxygen atoms in total. The van der Waals surface area contributed by atoms with Gasteiger partial charge >= 0.3 is 0 Å². The first kappa shape index (κ1) is 15.6. The Kier molecular flexibility index (Phi) is 4.41. The average molecular weight is 345 g/mol. The minimum absolute atomic E-state index is 0.147. The van der Waals surface area contributed by atoms with Crippen LogP contribution in [0.3, 0.4) is 0 Å². The SMILES string of the molecule is Cc1ccc(/C=C2/SC(=Nc3ccc(Cl)cc3)NC2=O)c(O)c1. The van der Waals surface area contributed by atoms with Gasteiger partial charge in [-0.05, 0) is 60.7 Å². The van der Waals surface area contributed by atoms with Crippen LogP contribution in [0.25, 0.3) is 6.08 Å². The number of rotatable bonds is 2. The summed E-state index contributed by atoms with van der Waals surface area (Å²) >= 11 is 7.07. The van der Waals surface area contributed by atoms with Gasteiger partial charge in [0, 0.05) is 10.6 Å². The Morgan fingerprint density at radius 1 is 1.22 bits per heavy atom. The Balaban J connectivity index is 1.84. The molecule has 1 saturated heterocycles. The minimum Gasteiger partial charge on any atom is -0.507 e. The van der Waals surface area contributed by atoms with Crippen molar-refractivity contribution in [1.82, 2.24) is 5.32 Å². The molecule has 1 heterocycles. The molecule has 0 aliphatic carbocycles. The number of aliphatic imine (C=N–C) groups is 1. The molecule has 0 atom stereocenters. The highest BCUT2D eigenvalue weighted by molar-refractivity contribution is 8.18. The molecule has 2 aromatic rings. The molecule has 0 bridgehead atoms. The highest BCUT2D eigenvalue weighted by Gasteiger charge is 2.24. The van der Waals surface area contributed by atoms with Crippen molar-refractivity contribution < 1.29 is 9.90 Å².